The van der Waals surface area contributed by atoms with Gasteiger partial charge < -0.3 is 9.30 Å². The summed E-state index contributed by atoms with van der Waals surface area (Å²) in [5, 5.41) is 0. The third kappa shape index (κ3) is 2.85. The zero-order valence-electron chi connectivity index (χ0n) is 10.9. The molecular weight excluding hydrogens is 248 g/mol. The number of rotatable bonds is 6. The van der Waals surface area contributed by atoms with Crippen molar-refractivity contribution in [1.29, 1.82) is 0 Å². The molecule has 1 aromatic heterocycles. The SMILES string of the molecule is COCCCCn1c(CCl)nc2cc(C)ccc21. The highest BCUT2D eigenvalue weighted by atomic mass is 35.5. The van der Waals surface area contributed by atoms with Gasteiger partial charge in [-0.3, -0.25) is 0 Å². The van der Waals surface area contributed by atoms with Crippen LogP contribution in [0.5, 0.6) is 0 Å². The first kappa shape index (κ1) is 13.4. The van der Waals surface area contributed by atoms with Crippen molar-refractivity contribution in [2.45, 2.75) is 32.2 Å². The Bertz CT molecular complexity index is 522. The fourth-order valence-corrected chi connectivity index (χ4v) is 2.36. The van der Waals surface area contributed by atoms with Crippen LogP contribution in [-0.2, 0) is 17.2 Å². The van der Waals surface area contributed by atoms with Crippen LogP contribution in [0.2, 0.25) is 0 Å². The Balaban J connectivity index is 2.23. The fourth-order valence-electron chi connectivity index (χ4n) is 2.16. The van der Waals surface area contributed by atoms with E-state index in [0.717, 1.165) is 37.3 Å². The summed E-state index contributed by atoms with van der Waals surface area (Å²) in [6, 6.07) is 6.36. The van der Waals surface area contributed by atoms with Crippen LogP contribution in [0.25, 0.3) is 11.0 Å². The van der Waals surface area contributed by atoms with Gasteiger partial charge in [0.15, 0.2) is 0 Å². The van der Waals surface area contributed by atoms with Gasteiger partial charge in [-0.15, -0.1) is 11.6 Å². The molecule has 1 aromatic carbocycles. The minimum Gasteiger partial charge on any atom is -0.385 e. The second-order valence-corrected chi connectivity index (χ2v) is 4.77. The van der Waals surface area contributed by atoms with Crippen LogP contribution in [0.4, 0.5) is 0 Å². The number of methoxy groups -OCH3 is 1. The summed E-state index contributed by atoms with van der Waals surface area (Å²) in [5.74, 6) is 1.41. The van der Waals surface area contributed by atoms with E-state index in [4.69, 9.17) is 16.3 Å². The molecule has 1 heterocycles. The lowest BCUT2D eigenvalue weighted by Crippen LogP contribution is -2.03. The second kappa shape index (κ2) is 6.21. The molecule has 0 aliphatic heterocycles. The van der Waals surface area contributed by atoms with Crippen molar-refractivity contribution < 1.29 is 4.74 Å². The van der Waals surface area contributed by atoms with Crippen LogP contribution in [0, 0.1) is 6.92 Å². The van der Waals surface area contributed by atoms with E-state index in [-0.39, 0.29) is 0 Å². The zero-order valence-corrected chi connectivity index (χ0v) is 11.7. The Morgan fingerprint density at radius 3 is 2.89 bits per heavy atom. The summed E-state index contributed by atoms with van der Waals surface area (Å²) >= 11 is 5.98. The number of aromatic nitrogens is 2. The van der Waals surface area contributed by atoms with Crippen molar-refractivity contribution >= 4 is 22.6 Å². The second-order valence-electron chi connectivity index (χ2n) is 4.51. The lowest BCUT2D eigenvalue weighted by Gasteiger charge is -2.07. The molecule has 0 bridgehead atoms. The van der Waals surface area contributed by atoms with Gasteiger partial charge in [0.2, 0.25) is 0 Å². The topological polar surface area (TPSA) is 27.1 Å². The zero-order chi connectivity index (χ0) is 13.0. The molecule has 98 valence electrons. The first-order valence-electron chi connectivity index (χ1n) is 6.27. The van der Waals surface area contributed by atoms with Crippen molar-refractivity contribution in [3.63, 3.8) is 0 Å². The highest BCUT2D eigenvalue weighted by Gasteiger charge is 2.09. The number of alkyl halides is 1. The normalized spacial score (nSPS) is 11.3. The molecule has 0 saturated carbocycles. The average molecular weight is 267 g/mol. The Labute approximate surface area is 113 Å². The molecule has 0 aliphatic rings. The quantitative estimate of drug-likeness (QED) is 0.591. The Morgan fingerprint density at radius 2 is 2.17 bits per heavy atom. The van der Waals surface area contributed by atoms with Gasteiger partial charge in [0.1, 0.15) is 5.82 Å². The van der Waals surface area contributed by atoms with E-state index in [2.05, 4.69) is 34.7 Å². The van der Waals surface area contributed by atoms with Crippen LogP contribution in [0.15, 0.2) is 18.2 Å². The number of nitrogens with zero attached hydrogens (tertiary/aromatic N) is 2. The average Bonchev–Trinajstić information content (AvgIpc) is 2.71. The van der Waals surface area contributed by atoms with Crippen LogP contribution in [0.1, 0.15) is 24.2 Å². The molecule has 2 aromatic rings. The summed E-state index contributed by atoms with van der Waals surface area (Å²) < 4.78 is 7.29. The van der Waals surface area contributed by atoms with E-state index in [9.17, 15) is 0 Å². The molecule has 0 radical (unpaired) electrons. The number of aryl methyl sites for hydroxylation is 2. The fraction of sp³-hybridized carbons (Fsp3) is 0.500. The summed E-state index contributed by atoms with van der Waals surface area (Å²) in [4.78, 5) is 4.59. The molecule has 0 amide bonds. The maximum atomic E-state index is 5.98. The van der Waals surface area contributed by atoms with E-state index < -0.39 is 0 Å². The first-order chi connectivity index (χ1) is 8.76. The highest BCUT2D eigenvalue weighted by molar-refractivity contribution is 6.16. The highest BCUT2D eigenvalue weighted by Crippen LogP contribution is 2.19. The van der Waals surface area contributed by atoms with Crippen molar-refractivity contribution in [3.05, 3.63) is 29.6 Å². The van der Waals surface area contributed by atoms with Gasteiger partial charge >= 0.3 is 0 Å². The number of hydrogen-bond acceptors (Lipinski definition) is 2. The maximum absolute atomic E-state index is 5.98. The Morgan fingerprint density at radius 1 is 1.33 bits per heavy atom. The van der Waals surface area contributed by atoms with Gasteiger partial charge in [0, 0.05) is 20.3 Å². The van der Waals surface area contributed by atoms with Gasteiger partial charge in [-0.2, -0.15) is 0 Å². The van der Waals surface area contributed by atoms with Crippen LogP contribution in [-0.4, -0.2) is 23.3 Å². The third-order valence-electron chi connectivity index (χ3n) is 3.08. The monoisotopic (exact) mass is 266 g/mol. The molecule has 2 rings (SSSR count). The molecule has 3 nitrogen and oxygen atoms in total. The van der Waals surface area contributed by atoms with Crippen LogP contribution >= 0.6 is 11.6 Å². The van der Waals surface area contributed by atoms with Gasteiger partial charge in [0.25, 0.3) is 0 Å². The van der Waals surface area contributed by atoms with Gasteiger partial charge in [-0.05, 0) is 37.5 Å². The number of hydrogen-bond donors (Lipinski definition) is 0. The molecule has 0 aliphatic carbocycles. The third-order valence-corrected chi connectivity index (χ3v) is 3.32. The first-order valence-corrected chi connectivity index (χ1v) is 6.80. The molecule has 0 spiro atoms. The minimum atomic E-state index is 0.456. The van der Waals surface area contributed by atoms with E-state index in [1.165, 1.54) is 11.1 Å². The van der Waals surface area contributed by atoms with Crippen molar-refractivity contribution in [1.82, 2.24) is 9.55 Å². The largest absolute Gasteiger partial charge is 0.385 e. The van der Waals surface area contributed by atoms with E-state index in [1.807, 2.05) is 0 Å². The molecule has 0 atom stereocenters. The van der Waals surface area contributed by atoms with E-state index in [1.54, 1.807) is 7.11 Å². The number of imidazole rings is 1. The maximum Gasteiger partial charge on any atom is 0.124 e. The summed E-state index contributed by atoms with van der Waals surface area (Å²) in [7, 11) is 1.74. The van der Waals surface area contributed by atoms with Gasteiger partial charge in [-0.1, -0.05) is 6.07 Å². The number of benzene rings is 1. The lowest BCUT2D eigenvalue weighted by molar-refractivity contribution is 0.191. The molecule has 0 fully saturated rings. The molecule has 0 unspecified atom stereocenters. The molecule has 0 saturated heterocycles. The predicted octanol–water partition coefficient (Wildman–Crippen LogP) is 3.51. The minimum absolute atomic E-state index is 0.456. The summed E-state index contributed by atoms with van der Waals surface area (Å²) in [6.07, 6.45) is 2.14. The molecular formula is C14H19ClN2O. The van der Waals surface area contributed by atoms with Crippen LogP contribution in [0.3, 0.4) is 0 Å². The standard InChI is InChI=1S/C14H19ClN2O/c1-11-5-6-13-12(9-11)16-14(10-15)17(13)7-3-4-8-18-2/h5-6,9H,3-4,7-8,10H2,1-2H3. The molecule has 4 heteroatoms. The van der Waals surface area contributed by atoms with Crippen LogP contribution < -0.4 is 0 Å². The van der Waals surface area contributed by atoms with E-state index >= 15 is 0 Å². The van der Waals surface area contributed by atoms with Gasteiger partial charge in [0.05, 0.1) is 16.9 Å². The number of ether oxygens (including phenoxy) is 1. The summed E-state index contributed by atoms with van der Waals surface area (Å²) in [5.41, 5.74) is 3.44. The Hall–Kier alpha value is -1.06. The summed E-state index contributed by atoms with van der Waals surface area (Å²) in [6.45, 7) is 3.84. The van der Waals surface area contributed by atoms with E-state index in [0.29, 0.717) is 5.88 Å². The lowest BCUT2D eigenvalue weighted by atomic mass is 10.2. The van der Waals surface area contributed by atoms with Crippen molar-refractivity contribution in [2.24, 2.45) is 0 Å². The van der Waals surface area contributed by atoms with Crippen molar-refractivity contribution in [2.75, 3.05) is 13.7 Å². The smallest absolute Gasteiger partial charge is 0.124 e. The number of fused-ring (bicyclic) bond motifs is 1. The number of halogens is 1. The van der Waals surface area contributed by atoms with Gasteiger partial charge in [-0.25, -0.2) is 4.98 Å². The number of unbranched alkanes of at least 4 members (excludes halogenated alkanes) is 1. The molecule has 0 N–H and O–H groups in total. The van der Waals surface area contributed by atoms with Crippen molar-refractivity contribution in [3.8, 4) is 0 Å². The predicted molar refractivity (Wildman–Crippen MR) is 75.1 cm³/mol. The molecule has 18 heavy (non-hydrogen) atoms. The Kier molecular flexibility index (Phi) is 4.61.